The van der Waals surface area contributed by atoms with Gasteiger partial charge in [-0.1, -0.05) is 6.92 Å². The first-order chi connectivity index (χ1) is 5.33. The van der Waals surface area contributed by atoms with Crippen molar-refractivity contribution in [3.8, 4) is 0 Å². The molecular formula is C8H13N3. The molecule has 1 N–H and O–H groups in total. The second-order valence-electron chi connectivity index (χ2n) is 2.55. The van der Waals surface area contributed by atoms with Crippen LogP contribution >= 0.6 is 0 Å². The van der Waals surface area contributed by atoms with Gasteiger partial charge in [0.2, 0.25) is 0 Å². The fourth-order valence-corrected chi connectivity index (χ4v) is 0.731. The normalized spacial score (nSPS) is 12.5. The molecule has 0 saturated heterocycles. The van der Waals surface area contributed by atoms with Crippen molar-refractivity contribution in [2.24, 2.45) is 0 Å². The molecule has 0 fully saturated rings. The zero-order valence-corrected chi connectivity index (χ0v) is 6.91. The first-order valence-corrected chi connectivity index (χ1v) is 3.85. The Kier molecular flexibility index (Phi) is 2.83. The minimum absolute atomic E-state index is 0.477. The molecular weight excluding hydrogens is 138 g/mol. The van der Waals surface area contributed by atoms with Crippen LogP contribution < -0.4 is 5.32 Å². The molecule has 0 aliphatic carbocycles. The molecule has 0 amide bonds. The molecule has 11 heavy (non-hydrogen) atoms. The lowest BCUT2D eigenvalue weighted by molar-refractivity contribution is 0.758. The fraction of sp³-hybridized carbons (Fsp3) is 0.500. The molecule has 0 saturated carbocycles. The van der Waals surface area contributed by atoms with E-state index >= 15 is 0 Å². The van der Waals surface area contributed by atoms with Crippen LogP contribution in [-0.2, 0) is 0 Å². The van der Waals surface area contributed by atoms with Crippen LogP contribution in [0.2, 0.25) is 0 Å². The summed E-state index contributed by atoms with van der Waals surface area (Å²) in [6.45, 7) is 4.26. The van der Waals surface area contributed by atoms with E-state index in [1.165, 1.54) is 0 Å². The molecule has 0 bridgehead atoms. The van der Waals surface area contributed by atoms with E-state index in [1.54, 1.807) is 12.5 Å². The van der Waals surface area contributed by atoms with Crippen molar-refractivity contribution in [2.75, 3.05) is 5.32 Å². The average molecular weight is 151 g/mol. The summed E-state index contributed by atoms with van der Waals surface area (Å²) in [5.41, 5.74) is 0. The number of rotatable bonds is 3. The van der Waals surface area contributed by atoms with Gasteiger partial charge in [-0.05, 0) is 19.4 Å². The van der Waals surface area contributed by atoms with E-state index in [-0.39, 0.29) is 0 Å². The van der Waals surface area contributed by atoms with Gasteiger partial charge in [0.15, 0.2) is 0 Å². The molecule has 1 rings (SSSR count). The fourth-order valence-electron chi connectivity index (χ4n) is 0.731. The summed E-state index contributed by atoms with van der Waals surface area (Å²) in [4.78, 5) is 7.87. The van der Waals surface area contributed by atoms with Crippen LogP contribution in [0.3, 0.4) is 0 Å². The Morgan fingerprint density at radius 3 is 3.00 bits per heavy atom. The third-order valence-electron chi connectivity index (χ3n) is 1.59. The van der Waals surface area contributed by atoms with E-state index in [0.717, 1.165) is 12.2 Å². The third-order valence-corrected chi connectivity index (χ3v) is 1.59. The number of hydrogen-bond acceptors (Lipinski definition) is 3. The van der Waals surface area contributed by atoms with Gasteiger partial charge in [-0.25, -0.2) is 9.97 Å². The van der Waals surface area contributed by atoms with Gasteiger partial charge in [0, 0.05) is 12.2 Å². The van der Waals surface area contributed by atoms with E-state index in [1.807, 2.05) is 6.07 Å². The van der Waals surface area contributed by atoms with E-state index in [9.17, 15) is 0 Å². The standard InChI is InChI=1S/C8H13N3/c1-3-7(2)11-8-4-5-9-6-10-8/h4-7H,3H2,1-2H3,(H,9,10,11). The second kappa shape index (κ2) is 3.91. The molecule has 1 aromatic heterocycles. The van der Waals surface area contributed by atoms with Gasteiger partial charge in [0.25, 0.3) is 0 Å². The number of hydrogen-bond donors (Lipinski definition) is 1. The van der Waals surface area contributed by atoms with Crippen molar-refractivity contribution < 1.29 is 0 Å². The molecule has 0 aromatic carbocycles. The van der Waals surface area contributed by atoms with Gasteiger partial charge >= 0.3 is 0 Å². The second-order valence-corrected chi connectivity index (χ2v) is 2.55. The highest BCUT2D eigenvalue weighted by atomic mass is 15.0. The van der Waals surface area contributed by atoms with Gasteiger partial charge in [-0.2, -0.15) is 0 Å². The zero-order chi connectivity index (χ0) is 8.10. The molecule has 0 aliphatic heterocycles. The maximum atomic E-state index is 4.04. The smallest absolute Gasteiger partial charge is 0.129 e. The van der Waals surface area contributed by atoms with Gasteiger partial charge in [-0.3, -0.25) is 0 Å². The highest BCUT2D eigenvalue weighted by Gasteiger charge is 1.97. The maximum Gasteiger partial charge on any atom is 0.129 e. The Hall–Kier alpha value is -1.12. The largest absolute Gasteiger partial charge is 0.368 e. The summed E-state index contributed by atoms with van der Waals surface area (Å²) in [5.74, 6) is 0.898. The molecule has 3 heteroatoms. The summed E-state index contributed by atoms with van der Waals surface area (Å²) in [5, 5.41) is 3.24. The Bertz CT molecular complexity index is 198. The lowest BCUT2D eigenvalue weighted by atomic mass is 10.3. The van der Waals surface area contributed by atoms with E-state index in [2.05, 4.69) is 29.1 Å². The lowest BCUT2D eigenvalue weighted by Gasteiger charge is -2.10. The predicted molar refractivity (Wildman–Crippen MR) is 45.4 cm³/mol. The van der Waals surface area contributed by atoms with Crippen molar-refractivity contribution >= 4 is 5.82 Å². The summed E-state index contributed by atoms with van der Waals surface area (Å²) >= 11 is 0. The van der Waals surface area contributed by atoms with E-state index in [0.29, 0.717) is 6.04 Å². The van der Waals surface area contributed by atoms with Crippen LogP contribution in [0.1, 0.15) is 20.3 Å². The van der Waals surface area contributed by atoms with Crippen molar-refractivity contribution in [3.63, 3.8) is 0 Å². The van der Waals surface area contributed by atoms with Crippen molar-refractivity contribution in [1.29, 1.82) is 0 Å². The number of aromatic nitrogens is 2. The Labute approximate surface area is 66.9 Å². The molecule has 1 atom stereocenters. The quantitative estimate of drug-likeness (QED) is 0.714. The molecule has 1 aromatic rings. The average Bonchev–Trinajstić information content (AvgIpc) is 2.06. The molecule has 0 aliphatic rings. The monoisotopic (exact) mass is 151 g/mol. The van der Waals surface area contributed by atoms with Crippen LogP contribution in [0, 0.1) is 0 Å². The van der Waals surface area contributed by atoms with E-state index < -0.39 is 0 Å². The Morgan fingerprint density at radius 2 is 2.45 bits per heavy atom. The molecule has 60 valence electrons. The Morgan fingerprint density at radius 1 is 1.64 bits per heavy atom. The minimum Gasteiger partial charge on any atom is -0.368 e. The highest BCUT2D eigenvalue weighted by Crippen LogP contribution is 2.02. The summed E-state index contributed by atoms with van der Waals surface area (Å²) in [7, 11) is 0. The molecule has 0 spiro atoms. The minimum atomic E-state index is 0.477. The summed E-state index contributed by atoms with van der Waals surface area (Å²) in [6.07, 6.45) is 4.38. The van der Waals surface area contributed by atoms with Gasteiger partial charge < -0.3 is 5.32 Å². The highest BCUT2D eigenvalue weighted by molar-refractivity contribution is 5.32. The van der Waals surface area contributed by atoms with Crippen LogP contribution in [-0.4, -0.2) is 16.0 Å². The van der Waals surface area contributed by atoms with Crippen molar-refractivity contribution in [1.82, 2.24) is 9.97 Å². The number of nitrogens with one attached hydrogen (secondary N) is 1. The third kappa shape index (κ3) is 2.53. The van der Waals surface area contributed by atoms with Crippen LogP contribution in [0.4, 0.5) is 5.82 Å². The Balaban J connectivity index is 2.51. The number of nitrogens with zero attached hydrogens (tertiary/aromatic N) is 2. The summed E-state index contributed by atoms with van der Waals surface area (Å²) < 4.78 is 0. The van der Waals surface area contributed by atoms with Gasteiger partial charge in [0.1, 0.15) is 12.1 Å². The van der Waals surface area contributed by atoms with Crippen molar-refractivity contribution in [3.05, 3.63) is 18.6 Å². The summed E-state index contributed by atoms with van der Waals surface area (Å²) in [6, 6.07) is 2.34. The molecule has 3 nitrogen and oxygen atoms in total. The topological polar surface area (TPSA) is 37.8 Å². The van der Waals surface area contributed by atoms with Crippen LogP contribution in [0.25, 0.3) is 0 Å². The molecule has 1 heterocycles. The maximum absolute atomic E-state index is 4.04. The molecule has 0 radical (unpaired) electrons. The van der Waals surface area contributed by atoms with Crippen LogP contribution in [0.5, 0.6) is 0 Å². The zero-order valence-electron chi connectivity index (χ0n) is 6.91. The first-order valence-electron chi connectivity index (χ1n) is 3.85. The van der Waals surface area contributed by atoms with Crippen LogP contribution in [0.15, 0.2) is 18.6 Å². The first kappa shape index (κ1) is 7.98. The van der Waals surface area contributed by atoms with Gasteiger partial charge in [-0.15, -0.1) is 0 Å². The number of anilines is 1. The predicted octanol–water partition coefficient (Wildman–Crippen LogP) is 1.69. The lowest BCUT2D eigenvalue weighted by Crippen LogP contribution is -2.14. The van der Waals surface area contributed by atoms with Crippen molar-refractivity contribution in [2.45, 2.75) is 26.3 Å². The molecule has 1 unspecified atom stereocenters. The SMILES string of the molecule is CCC(C)Nc1ccncn1. The van der Waals surface area contributed by atoms with Gasteiger partial charge in [0.05, 0.1) is 0 Å². The van der Waals surface area contributed by atoms with E-state index in [4.69, 9.17) is 0 Å².